The van der Waals surface area contributed by atoms with Gasteiger partial charge in [-0.05, 0) is 78.7 Å². The van der Waals surface area contributed by atoms with E-state index < -0.39 is 13.0 Å². The fourth-order valence-corrected chi connectivity index (χ4v) is 6.67. The third-order valence-electron chi connectivity index (χ3n) is 9.29. The van der Waals surface area contributed by atoms with Crippen LogP contribution in [0.15, 0.2) is 82.2 Å². The fraction of sp³-hybridized carbons (Fsp3) is 0.417. The molecule has 1 fully saturated rings. The van der Waals surface area contributed by atoms with Gasteiger partial charge >= 0.3 is 6.36 Å². The molecule has 2 aliphatic heterocycles. The number of fused-ring (bicyclic) bond motifs is 1. The Balaban J connectivity index is 1.14. The normalized spacial score (nSPS) is 17.2. The van der Waals surface area contributed by atoms with E-state index in [2.05, 4.69) is 30.0 Å². The molecule has 3 heterocycles. The summed E-state index contributed by atoms with van der Waals surface area (Å²) in [5, 5.41) is 11.6. The van der Waals surface area contributed by atoms with Gasteiger partial charge in [0.2, 0.25) is 5.95 Å². The molecule has 1 aromatic heterocycles. The lowest BCUT2D eigenvalue weighted by Crippen LogP contribution is -2.35. The lowest BCUT2D eigenvalue weighted by Gasteiger charge is -2.28. The largest absolute Gasteiger partial charge is 0.522 e. The van der Waals surface area contributed by atoms with Crippen LogP contribution < -0.4 is 9.64 Å². The first-order chi connectivity index (χ1) is 24.6. The van der Waals surface area contributed by atoms with E-state index >= 15 is 0 Å². The van der Waals surface area contributed by atoms with Gasteiger partial charge in [0.25, 0.3) is 5.91 Å². The van der Waals surface area contributed by atoms with Crippen LogP contribution in [0.2, 0.25) is 0 Å². The average Bonchev–Trinajstić information content (AvgIpc) is 3.73. The number of ether oxygens (including phenoxy) is 2. The first kappa shape index (κ1) is 35.9. The molecule has 0 spiro atoms. The first-order valence-electron chi connectivity index (χ1n) is 16.8. The number of carbonyl (C=O) groups excluding carboxylic acids is 1. The SMILES string of the molecule is COc1ccc(C2C=NN=N2)cc1C(=O)N(C)CC(CCN1CCCN(c2nc3ccccc3n2CCOC(F)(F)F)CC1)c1ccc(F)cc1. The standard InChI is InChI=1S/C36H40F4N8O3/c1-45(34(49)29-22-26(10-13-33(29)50-2)31-23-41-44-43-31)24-27(25-8-11-28(37)12-9-25)14-17-46-15-5-16-47(19-18-46)35-42-30-6-3-4-7-32(30)48(35)20-21-51-36(38,39)40/h3-4,6-13,22-23,27,31H,5,14-21,24H2,1-2H3. The predicted molar refractivity (Wildman–Crippen MR) is 185 cm³/mol. The number of benzene rings is 3. The molecule has 1 saturated heterocycles. The molecule has 4 aromatic rings. The van der Waals surface area contributed by atoms with Crippen LogP contribution in [0.1, 0.15) is 46.3 Å². The molecule has 11 nitrogen and oxygen atoms in total. The lowest BCUT2D eigenvalue weighted by atomic mass is 9.94. The monoisotopic (exact) mass is 708 g/mol. The molecule has 270 valence electrons. The summed E-state index contributed by atoms with van der Waals surface area (Å²) in [6.45, 7) is 3.43. The van der Waals surface area contributed by atoms with Crippen LogP contribution in [0.3, 0.4) is 0 Å². The summed E-state index contributed by atoms with van der Waals surface area (Å²) in [4.78, 5) is 24.8. The number of hydrogen-bond donors (Lipinski definition) is 0. The van der Waals surface area contributed by atoms with E-state index in [9.17, 15) is 22.4 Å². The number of carbonyl (C=O) groups is 1. The summed E-state index contributed by atoms with van der Waals surface area (Å²) in [5.74, 6) is 0.412. The van der Waals surface area contributed by atoms with Crippen molar-refractivity contribution in [2.45, 2.75) is 37.7 Å². The lowest BCUT2D eigenvalue weighted by molar-refractivity contribution is -0.325. The number of likely N-dealkylation sites (N-methyl/N-ethyl adjacent to an activating group) is 1. The van der Waals surface area contributed by atoms with E-state index in [1.807, 2.05) is 30.3 Å². The van der Waals surface area contributed by atoms with Crippen molar-refractivity contribution in [1.29, 1.82) is 0 Å². The smallest absolute Gasteiger partial charge is 0.496 e. The van der Waals surface area contributed by atoms with Crippen molar-refractivity contribution >= 4 is 29.1 Å². The number of aromatic nitrogens is 2. The number of halogens is 4. The molecular formula is C36H40F4N8O3. The Kier molecular flexibility index (Phi) is 11.3. The van der Waals surface area contributed by atoms with Gasteiger partial charge in [-0.2, -0.15) is 5.11 Å². The zero-order valence-corrected chi connectivity index (χ0v) is 28.5. The second-order valence-electron chi connectivity index (χ2n) is 12.6. The zero-order valence-electron chi connectivity index (χ0n) is 28.5. The number of hydrogen-bond acceptors (Lipinski definition) is 9. The summed E-state index contributed by atoms with van der Waals surface area (Å²) in [7, 11) is 3.27. The van der Waals surface area contributed by atoms with Crippen LogP contribution in [0.25, 0.3) is 11.0 Å². The molecular weight excluding hydrogens is 668 g/mol. The van der Waals surface area contributed by atoms with Gasteiger partial charge in [0.1, 0.15) is 17.6 Å². The van der Waals surface area contributed by atoms with Gasteiger partial charge in [0.05, 0.1) is 36.5 Å². The molecule has 0 radical (unpaired) electrons. The fourth-order valence-electron chi connectivity index (χ4n) is 6.67. The molecule has 0 N–H and O–H groups in total. The van der Waals surface area contributed by atoms with E-state index in [0.29, 0.717) is 55.4 Å². The maximum atomic E-state index is 13.9. The minimum absolute atomic E-state index is 0.0112. The number of methoxy groups -OCH3 is 1. The van der Waals surface area contributed by atoms with Crippen molar-refractivity contribution in [3.05, 3.63) is 89.2 Å². The highest BCUT2D eigenvalue weighted by Gasteiger charge is 2.30. The Bertz CT molecular complexity index is 1850. The van der Waals surface area contributed by atoms with Gasteiger partial charge in [-0.25, -0.2) is 9.37 Å². The number of amides is 1. The van der Waals surface area contributed by atoms with E-state index in [1.54, 1.807) is 47.0 Å². The Morgan fingerprint density at radius 1 is 1.02 bits per heavy atom. The molecule has 0 aliphatic carbocycles. The van der Waals surface area contributed by atoms with Gasteiger partial charge in [-0.15, -0.1) is 18.3 Å². The highest BCUT2D eigenvalue weighted by molar-refractivity contribution is 5.97. The van der Waals surface area contributed by atoms with Crippen molar-refractivity contribution in [2.75, 3.05) is 64.9 Å². The minimum atomic E-state index is -4.70. The molecule has 0 bridgehead atoms. The number of alkyl halides is 3. The van der Waals surface area contributed by atoms with E-state index in [-0.39, 0.29) is 30.2 Å². The van der Waals surface area contributed by atoms with E-state index in [0.717, 1.165) is 36.2 Å². The number of anilines is 1. The highest BCUT2D eigenvalue weighted by atomic mass is 19.4. The quantitative estimate of drug-likeness (QED) is 0.144. The number of rotatable bonds is 13. The third-order valence-corrected chi connectivity index (χ3v) is 9.29. The highest BCUT2D eigenvalue weighted by Crippen LogP contribution is 2.30. The topological polar surface area (TPSA) is 100 Å². The molecule has 6 rings (SSSR count). The van der Waals surface area contributed by atoms with Crippen molar-refractivity contribution in [1.82, 2.24) is 19.4 Å². The van der Waals surface area contributed by atoms with Crippen LogP contribution in [0, 0.1) is 5.82 Å². The summed E-state index contributed by atoms with van der Waals surface area (Å²) < 4.78 is 63.7. The summed E-state index contributed by atoms with van der Waals surface area (Å²) in [5.41, 5.74) is 3.55. The molecule has 2 unspecified atom stereocenters. The zero-order chi connectivity index (χ0) is 36.0. The van der Waals surface area contributed by atoms with Crippen molar-refractivity contribution in [2.24, 2.45) is 15.4 Å². The second kappa shape index (κ2) is 16.0. The van der Waals surface area contributed by atoms with Crippen LogP contribution in [0.5, 0.6) is 5.75 Å². The molecule has 2 aliphatic rings. The Morgan fingerprint density at radius 2 is 1.82 bits per heavy atom. The number of imidazole rings is 1. The van der Waals surface area contributed by atoms with Gasteiger partial charge in [-0.3, -0.25) is 9.53 Å². The summed E-state index contributed by atoms with van der Waals surface area (Å²) >= 11 is 0. The van der Waals surface area contributed by atoms with Gasteiger partial charge in [0.15, 0.2) is 0 Å². The molecule has 3 aromatic carbocycles. The van der Waals surface area contributed by atoms with Crippen LogP contribution in [-0.4, -0.2) is 97.9 Å². The maximum Gasteiger partial charge on any atom is 0.522 e. The predicted octanol–water partition coefficient (Wildman–Crippen LogP) is 6.67. The summed E-state index contributed by atoms with van der Waals surface area (Å²) in [6, 6.07) is 18.8. The van der Waals surface area contributed by atoms with Crippen molar-refractivity contribution in [3.63, 3.8) is 0 Å². The van der Waals surface area contributed by atoms with Gasteiger partial charge in [-0.1, -0.05) is 30.3 Å². The molecule has 15 heteroatoms. The Labute approximate surface area is 293 Å². The van der Waals surface area contributed by atoms with E-state index in [1.165, 1.54) is 19.2 Å². The summed E-state index contributed by atoms with van der Waals surface area (Å²) in [6.07, 6.45) is -1.57. The van der Waals surface area contributed by atoms with Crippen molar-refractivity contribution in [3.8, 4) is 5.75 Å². The minimum Gasteiger partial charge on any atom is -0.496 e. The molecule has 2 atom stereocenters. The van der Waals surface area contributed by atoms with Crippen molar-refractivity contribution < 1.29 is 31.8 Å². The molecule has 1 amide bonds. The van der Waals surface area contributed by atoms with Crippen LogP contribution in [0.4, 0.5) is 23.5 Å². The Morgan fingerprint density at radius 3 is 2.57 bits per heavy atom. The maximum absolute atomic E-state index is 13.9. The van der Waals surface area contributed by atoms with Crippen LogP contribution in [-0.2, 0) is 11.3 Å². The van der Waals surface area contributed by atoms with Gasteiger partial charge in [0, 0.05) is 45.7 Å². The third kappa shape index (κ3) is 8.89. The average molecular weight is 709 g/mol. The van der Waals surface area contributed by atoms with E-state index in [4.69, 9.17) is 9.72 Å². The van der Waals surface area contributed by atoms with Crippen LogP contribution >= 0.6 is 0 Å². The second-order valence-corrected chi connectivity index (χ2v) is 12.6. The number of para-hydroxylation sites is 2. The van der Waals surface area contributed by atoms with Gasteiger partial charge < -0.3 is 24.0 Å². The molecule has 0 saturated carbocycles. The molecule has 51 heavy (non-hydrogen) atoms. The first-order valence-corrected chi connectivity index (χ1v) is 16.8. The number of nitrogens with zero attached hydrogens (tertiary/aromatic N) is 8. The Hall–Kier alpha value is -4.89.